The lowest BCUT2D eigenvalue weighted by atomic mass is 10.00. The lowest BCUT2D eigenvalue weighted by Crippen LogP contribution is -2.29. The van der Waals surface area contributed by atoms with E-state index in [-0.39, 0.29) is 0 Å². The van der Waals surface area contributed by atoms with Crippen LogP contribution in [0, 0.1) is 0 Å². The van der Waals surface area contributed by atoms with E-state index in [0.717, 1.165) is 56.8 Å². The van der Waals surface area contributed by atoms with Crippen LogP contribution in [0.1, 0.15) is 30.0 Å². The topological polar surface area (TPSA) is 19.4 Å². The molecule has 5 rings (SSSR count). The van der Waals surface area contributed by atoms with Gasteiger partial charge < -0.3 is 4.90 Å². The molecule has 0 bridgehead atoms. The van der Waals surface area contributed by atoms with Gasteiger partial charge in [0, 0.05) is 55.6 Å². The van der Waals surface area contributed by atoms with E-state index in [0.29, 0.717) is 0 Å². The number of nitrogens with zero attached hydrogens (tertiary/aromatic N) is 3. The fraction of sp³-hybridized carbons (Fsp3) is 0.258. The minimum Gasteiger partial charge on any atom is -0.370 e. The normalized spacial score (nSPS) is 14.8. The molecule has 1 fully saturated rings. The van der Waals surface area contributed by atoms with Crippen LogP contribution >= 0.6 is 0 Å². The second kappa shape index (κ2) is 10.2. The Morgan fingerprint density at radius 2 is 1.62 bits per heavy atom. The second-order valence-electron chi connectivity index (χ2n) is 9.14. The van der Waals surface area contributed by atoms with Crippen LogP contribution < -0.4 is 0 Å². The third-order valence-corrected chi connectivity index (χ3v) is 7.03. The van der Waals surface area contributed by atoms with Gasteiger partial charge in [-0.25, -0.2) is 0 Å². The van der Waals surface area contributed by atoms with Gasteiger partial charge in [-0.2, -0.15) is 0 Å². The van der Waals surface area contributed by atoms with Gasteiger partial charge in [0.25, 0.3) is 0 Å². The van der Waals surface area contributed by atoms with E-state index in [1.165, 1.54) is 33.2 Å². The van der Waals surface area contributed by atoms with Crippen LogP contribution in [0.4, 0.5) is 0 Å². The van der Waals surface area contributed by atoms with Crippen molar-refractivity contribution in [2.75, 3.05) is 26.2 Å². The molecule has 0 spiro atoms. The maximum absolute atomic E-state index is 4.62. The number of benzene rings is 3. The van der Waals surface area contributed by atoms with Crippen molar-refractivity contribution in [1.82, 2.24) is 14.8 Å². The summed E-state index contributed by atoms with van der Waals surface area (Å²) in [6.45, 7) is 12.0. The van der Waals surface area contributed by atoms with Crippen molar-refractivity contribution >= 4 is 16.6 Å². The predicted molar refractivity (Wildman–Crippen MR) is 143 cm³/mol. The molecule has 1 aromatic heterocycles. The molecule has 1 aliphatic heterocycles. The minimum atomic E-state index is 1.02. The second-order valence-corrected chi connectivity index (χ2v) is 9.14. The molecule has 0 amide bonds. The van der Waals surface area contributed by atoms with Crippen molar-refractivity contribution in [1.29, 1.82) is 0 Å². The van der Waals surface area contributed by atoms with Crippen LogP contribution in [-0.4, -0.2) is 41.0 Å². The lowest BCUT2D eigenvalue weighted by molar-refractivity contribution is 0.276. The molecule has 0 unspecified atom stereocenters. The van der Waals surface area contributed by atoms with Crippen molar-refractivity contribution in [3.05, 3.63) is 108 Å². The summed E-state index contributed by atoms with van der Waals surface area (Å²) in [5.74, 6) is 0. The third kappa shape index (κ3) is 4.76. The van der Waals surface area contributed by atoms with Crippen molar-refractivity contribution in [3.8, 4) is 11.1 Å². The Labute approximate surface area is 203 Å². The summed E-state index contributed by atoms with van der Waals surface area (Å²) in [7, 11) is 0. The van der Waals surface area contributed by atoms with Gasteiger partial charge >= 0.3 is 0 Å². The van der Waals surface area contributed by atoms with E-state index >= 15 is 0 Å². The van der Waals surface area contributed by atoms with Gasteiger partial charge in [-0.1, -0.05) is 86.3 Å². The Balaban J connectivity index is 1.27. The fourth-order valence-electron chi connectivity index (χ4n) is 5.06. The van der Waals surface area contributed by atoms with Crippen LogP contribution in [0.15, 0.2) is 91.6 Å². The van der Waals surface area contributed by atoms with E-state index < -0.39 is 0 Å². The molecule has 1 aliphatic rings. The fourth-order valence-corrected chi connectivity index (χ4v) is 5.06. The summed E-state index contributed by atoms with van der Waals surface area (Å²) in [6.07, 6.45) is 4.12. The highest BCUT2D eigenvalue weighted by Crippen LogP contribution is 2.29. The van der Waals surface area contributed by atoms with Crippen LogP contribution in [0.2, 0.25) is 0 Å². The first kappa shape index (κ1) is 22.4. The molecule has 172 valence electrons. The van der Waals surface area contributed by atoms with Gasteiger partial charge in [0.15, 0.2) is 0 Å². The first-order chi connectivity index (χ1) is 16.7. The average Bonchev–Trinajstić information content (AvgIpc) is 3.14. The van der Waals surface area contributed by atoms with Gasteiger partial charge in [-0.05, 0) is 41.2 Å². The van der Waals surface area contributed by atoms with Crippen LogP contribution in [-0.2, 0) is 13.0 Å². The highest BCUT2D eigenvalue weighted by atomic mass is 15.2. The van der Waals surface area contributed by atoms with Gasteiger partial charge in [-0.3, -0.25) is 9.88 Å². The summed E-state index contributed by atoms with van der Waals surface area (Å²) in [5.41, 5.74) is 8.67. The first-order valence-electron chi connectivity index (χ1n) is 12.4. The number of aryl methyl sites for hydroxylation is 1. The summed E-state index contributed by atoms with van der Waals surface area (Å²) >= 11 is 0. The number of hydrogen-bond donors (Lipinski definition) is 0. The Hall–Kier alpha value is -3.43. The molecular formula is C31H33N3. The molecule has 0 aliphatic carbocycles. The van der Waals surface area contributed by atoms with Crippen molar-refractivity contribution in [2.45, 2.75) is 26.3 Å². The maximum Gasteiger partial charge on any atom is 0.0780 e. The molecule has 0 radical (unpaired) electrons. The molecular weight excluding hydrogens is 414 g/mol. The molecule has 3 nitrogen and oxygen atoms in total. The number of hydrogen-bond acceptors (Lipinski definition) is 3. The van der Waals surface area contributed by atoms with E-state index in [4.69, 9.17) is 0 Å². The quantitative estimate of drug-likeness (QED) is 0.330. The molecule has 34 heavy (non-hydrogen) atoms. The highest BCUT2D eigenvalue weighted by molar-refractivity contribution is 5.93. The van der Waals surface area contributed by atoms with Crippen LogP contribution in [0.25, 0.3) is 27.7 Å². The van der Waals surface area contributed by atoms with Crippen LogP contribution in [0.3, 0.4) is 0 Å². The molecule has 2 heterocycles. The van der Waals surface area contributed by atoms with Gasteiger partial charge in [0.2, 0.25) is 0 Å². The molecule has 3 heteroatoms. The third-order valence-electron chi connectivity index (χ3n) is 7.03. The number of fused-ring (bicyclic) bond motifs is 1. The van der Waals surface area contributed by atoms with E-state index in [1.807, 2.05) is 12.3 Å². The average molecular weight is 448 g/mol. The first-order valence-corrected chi connectivity index (χ1v) is 12.4. The summed E-state index contributed by atoms with van der Waals surface area (Å²) in [5, 5.41) is 1.17. The van der Waals surface area contributed by atoms with E-state index in [9.17, 15) is 0 Å². The Bertz CT molecular complexity index is 1270. The number of pyridine rings is 1. The Kier molecular flexibility index (Phi) is 6.73. The van der Waals surface area contributed by atoms with Gasteiger partial charge in [0.1, 0.15) is 0 Å². The molecule has 1 saturated heterocycles. The largest absolute Gasteiger partial charge is 0.370 e. The number of aromatic nitrogens is 1. The monoisotopic (exact) mass is 447 g/mol. The summed E-state index contributed by atoms with van der Waals surface area (Å²) in [6, 6.07) is 28.2. The molecule has 0 saturated carbocycles. The van der Waals surface area contributed by atoms with Gasteiger partial charge in [-0.15, -0.1) is 0 Å². The van der Waals surface area contributed by atoms with E-state index in [2.05, 4.69) is 101 Å². The molecule has 4 aromatic rings. The summed E-state index contributed by atoms with van der Waals surface area (Å²) < 4.78 is 0. The predicted octanol–water partition coefficient (Wildman–Crippen LogP) is 6.64. The van der Waals surface area contributed by atoms with Crippen molar-refractivity contribution in [2.24, 2.45) is 0 Å². The Morgan fingerprint density at radius 3 is 2.44 bits per heavy atom. The number of rotatable bonds is 6. The van der Waals surface area contributed by atoms with Crippen molar-refractivity contribution in [3.63, 3.8) is 0 Å². The van der Waals surface area contributed by atoms with E-state index in [1.54, 1.807) is 0 Å². The zero-order valence-corrected chi connectivity index (χ0v) is 20.1. The zero-order valence-electron chi connectivity index (χ0n) is 20.1. The van der Waals surface area contributed by atoms with Crippen molar-refractivity contribution < 1.29 is 0 Å². The Morgan fingerprint density at radius 1 is 0.824 bits per heavy atom. The highest BCUT2D eigenvalue weighted by Gasteiger charge is 2.18. The summed E-state index contributed by atoms with van der Waals surface area (Å²) in [4.78, 5) is 9.67. The molecule has 3 aromatic carbocycles. The SMILES string of the molecule is C=C(c1ccc(-c2cccc3cccnc23)cc1)N1CCCN(Cc2ccccc2CC)CC1. The zero-order chi connectivity index (χ0) is 23.3. The number of para-hydroxylation sites is 1. The standard InChI is InChI=1S/C31H33N3/c1-3-25-9-4-5-10-29(25)23-33-19-8-20-34(22-21-33)24(2)26-14-16-27(17-15-26)30-13-6-11-28-12-7-18-32-31(28)30/h4-7,9-18H,2-3,8,19-23H2,1H3. The minimum absolute atomic E-state index is 1.02. The lowest BCUT2D eigenvalue weighted by Gasteiger charge is -2.26. The molecule has 0 atom stereocenters. The van der Waals surface area contributed by atoms with Crippen LogP contribution in [0.5, 0.6) is 0 Å². The smallest absolute Gasteiger partial charge is 0.0780 e. The van der Waals surface area contributed by atoms with Gasteiger partial charge in [0.05, 0.1) is 5.52 Å². The molecule has 0 N–H and O–H groups in total. The maximum atomic E-state index is 4.62.